The summed E-state index contributed by atoms with van der Waals surface area (Å²) in [6.45, 7) is 6.03. The van der Waals surface area contributed by atoms with Crippen LogP contribution in [0, 0.1) is 5.92 Å². The molecule has 1 N–H and O–H groups in total. The van der Waals surface area contributed by atoms with Crippen LogP contribution in [-0.2, 0) is 11.3 Å². The summed E-state index contributed by atoms with van der Waals surface area (Å²) in [4.78, 5) is 20.9. The topological polar surface area (TPSA) is 48.5 Å². The number of carbonyl (C=O) groups is 1. The van der Waals surface area contributed by atoms with Crippen LogP contribution in [0.1, 0.15) is 44.7 Å². The van der Waals surface area contributed by atoms with E-state index in [1.165, 1.54) is 32.4 Å². The van der Waals surface area contributed by atoms with Gasteiger partial charge in [0, 0.05) is 24.9 Å². The van der Waals surface area contributed by atoms with Crippen LogP contribution in [0.5, 0.6) is 0 Å². The second-order valence-corrected chi connectivity index (χ2v) is 7.69. The summed E-state index contributed by atoms with van der Waals surface area (Å²) in [5.41, 5.74) is 1.12. The molecule has 0 radical (unpaired) electrons. The predicted molar refractivity (Wildman–Crippen MR) is 102 cm³/mol. The number of rotatable bonds is 7. The van der Waals surface area contributed by atoms with E-state index < -0.39 is 0 Å². The highest BCUT2D eigenvalue weighted by Gasteiger charge is 2.33. The molecular formula is C17H29ClN4OS. The highest BCUT2D eigenvalue weighted by molar-refractivity contribution is 7.14. The van der Waals surface area contributed by atoms with Crippen molar-refractivity contribution in [1.82, 2.24) is 15.2 Å². The van der Waals surface area contributed by atoms with E-state index in [4.69, 9.17) is 4.98 Å². The number of anilines is 1. The van der Waals surface area contributed by atoms with Gasteiger partial charge in [-0.2, -0.15) is 0 Å². The van der Waals surface area contributed by atoms with Crippen molar-refractivity contribution < 1.29 is 4.79 Å². The molecule has 1 aliphatic carbocycles. The van der Waals surface area contributed by atoms with Gasteiger partial charge in [0.1, 0.15) is 0 Å². The number of hydrogen-bond donors (Lipinski definition) is 1. The van der Waals surface area contributed by atoms with E-state index in [0.29, 0.717) is 6.04 Å². The first-order valence-electron chi connectivity index (χ1n) is 8.78. The molecule has 1 amide bonds. The molecule has 2 heterocycles. The van der Waals surface area contributed by atoms with Crippen molar-refractivity contribution in [3.63, 3.8) is 0 Å². The van der Waals surface area contributed by atoms with Crippen LogP contribution >= 0.6 is 23.7 Å². The van der Waals surface area contributed by atoms with Gasteiger partial charge in [-0.15, -0.1) is 23.7 Å². The largest absolute Gasteiger partial charge is 0.320 e. The molecular weight excluding hydrogens is 344 g/mol. The maximum absolute atomic E-state index is 11.8. The zero-order valence-corrected chi connectivity index (χ0v) is 16.3. The molecule has 136 valence electrons. The first-order chi connectivity index (χ1) is 11.2. The number of thiazole rings is 1. The SMILES string of the molecule is CNCCC1CCN(Cc2csc(N(C(C)=O)C3CC3)n2)CC1.Cl. The standard InChI is InChI=1S/C17H28N4OS.ClH/c1-13(22)21(16-3-4-16)17-19-15(12-23-17)11-20-9-6-14(7-10-20)5-8-18-2;/h12,14,16,18H,3-11H2,1-2H3;1H. The minimum Gasteiger partial charge on any atom is -0.320 e. The highest BCUT2D eigenvalue weighted by atomic mass is 35.5. The van der Waals surface area contributed by atoms with E-state index in [9.17, 15) is 4.79 Å². The Balaban J connectivity index is 0.00000208. The number of carbonyl (C=O) groups excluding carboxylic acids is 1. The predicted octanol–water partition coefficient (Wildman–Crippen LogP) is 2.90. The van der Waals surface area contributed by atoms with E-state index >= 15 is 0 Å². The van der Waals surface area contributed by atoms with Crippen molar-refractivity contribution in [2.45, 2.75) is 51.6 Å². The molecule has 0 atom stereocenters. The molecule has 24 heavy (non-hydrogen) atoms. The minimum absolute atomic E-state index is 0. The smallest absolute Gasteiger partial charge is 0.225 e. The van der Waals surface area contributed by atoms with E-state index in [2.05, 4.69) is 15.6 Å². The normalized spacial score (nSPS) is 19.1. The van der Waals surface area contributed by atoms with Gasteiger partial charge in [0.05, 0.1) is 5.69 Å². The van der Waals surface area contributed by atoms with Crippen LogP contribution in [0.3, 0.4) is 0 Å². The third-order valence-electron chi connectivity index (χ3n) is 4.89. The molecule has 0 aromatic carbocycles. The van der Waals surface area contributed by atoms with Gasteiger partial charge >= 0.3 is 0 Å². The van der Waals surface area contributed by atoms with E-state index in [0.717, 1.165) is 42.7 Å². The van der Waals surface area contributed by atoms with Gasteiger partial charge < -0.3 is 5.32 Å². The summed E-state index contributed by atoms with van der Waals surface area (Å²) in [5, 5.41) is 6.26. The van der Waals surface area contributed by atoms with Gasteiger partial charge in [-0.1, -0.05) is 0 Å². The lowest BCUT2D eigenvalue weighted by Crippen LogP contribution is -2.34. The van der Waals surface area contributed by atoms with Crippen LogP contribution in [0.2, 0.25) is 0 Å². The second-order valence-electron chi connectivity index (χ2n) is 6.85. The molecule has 2 aliphatic rings. The third kappa shape index (κ3) is 5.15. The summed E-state index contributed by atoms with van der Waals surface area (Å²) in [7, 11) is 2.03. The van der Waals surface area contributed by atoms with Crippen molar-refractivity contribution in [3.8, 4) is 0 Å². The molecule has 5 nitrogen and oxygen atoms in total. The van der Waals surface area contributed by atoms with Gasteiger partial charge in [-0.3, -0.25) is 14.6 Å². The lowest BCUT2D eigenvalue weighted by Gasteiger charge is -2.31. The number of aromatic nitrogens is 1. The van der Waals surface area contributed by atoms with Crippen LogP contribution in [0.15, 0.2) is 5.38 Å². The van der Waals surface area contributed by atoms with E-state index in [1.54, 1.807) is 18.3 Å². The van der Waals surface area contributed by atoms with Crippen LogP contribution in [0.4, 0.5) is 5.13 Å². The number of piperidine rings is 1. The van der Waals surface area contributed by atoms with Crippen molar-refractivity contribution >= 4 is 34.8 Å². The zero-order valence-electron chi connectivity index (χ0n) is 14.7. The summed E-state index contributed by atoms with van der Waals surface area (Å²) in [5.74, 6) is 0.992. The fraction of sp³-hybridized carbons (Fsp3) is 0.765. The molecule has 0 bridgehead atoms. The van der Waals surface area contributed by atoms with Crippen molar-refractivity contribution in [2.75, 3.05) is 31.6 Å². The molecule has 7 heteroatoms. The van der Waals surface area contributed by atoms with Crippen LogP contribution < -0.4 is 10.2 Å². The summed E-state index contributed by atoms with van der Waals surface area (Å²) < 4.78 is 0. The fourth-order valence-corrected chi connectivity index (χ4v) is 4.30. The summed E-state index contributed by atoms with van der Waals surface area (Å²) in [6, 6.07) is 0.398. The molecule has 3 rings (SSSR count). The van der Waals surface area contributed by atoms with Crippen molar-refractivity contribution in [1.29, 1.82) is 0 Å². The van der Waals surface area contributed by atoms with Gasteiger partial charge in [0.25, 0.3) is 0 Å². The minimum atomic E-state index is 0. The van der Waals surface area contributed by atoms with Crippen molar-refractivity contribution in [3.05, 3.63) is 11.1 Å². The van der Waals surface area contributed by atoms with Gasteiger partial charge in [0.2, 0.25) is 5.91 Å². The van der Waals surface area contributed by atoms with Crippen LogP contribution in [0.25, 0.3) is 0 Å². The fourth-order valence-electron chi connectivity index (χ4n) is 3.37. The number of amides is 1. The molecule has 1 saturated heterocycles. The maximum atomic E-state index is 11.8. The quantitative estimate of drug-likeness (QED) is 0.799. The molecule has 1 aliphatic heterocycles. The molecule has 0 unspecified atom stereocenters. The first kappa shape index (κ1) is 19.6. The summed E-state index contributed by atoms with van der Waals surface area (Å²) in [6.07, 6.45) is 6.12. The number of likely N-dealkylation sites (tertiary alicyclic amines) is 1. The zero-order chi connectivity index (χ0) is 16.2. The number of nitrogens with zero attached hydrogens (tertiary/aromatic N) is 3. The van der Waals surface area contributed by atoms with E-state index in [1.807, 2.05) is 11.9 Å². The van der Waals surface area contributed by atoms with Crippen LogP contribution in [-0.4, -0.2) is 48.5 Å². The summed E-state index contributed by atoms with van der Waals surface area (Å²) >= 11 is 1.61. The van der Waals surface area contributed by atoms with Crippen molar-refractivity contribution in [2.24, 2.45) is 5.92 Å². The Bertz CT molecular complexity index is 526. The van der Waals surface area contributed by atoms with Gasteiger partial charge in [-0.05, 0) is 64.7 Å². The Morgan fingerprint density at radius 3 is 2.67 bits per heavy atom. The van der Waals surface area contributed by atoms with Gasteiger partial charge in [0.15, 0.2) is 5.13 Å². The molecule has 1 saturated carbocycles. The number of hydrogen-bond acceptors (Lipinski definition) is 5. The molecule has 1 aromatic heterocycles. The highest BCUT2D eigenvalue weighted by Crippen LogP contribution is 2.34. The molecule has 0 spiro atoms. The van der Waals surface area contributed by atoms with Gasteiger partial charge in [-0.25, -0.2) is 4.98 Å². The average molecular weight is 373 g/mol. The second kappa shape index (κ2) is 9.13. The Morgan fingerprint density at radius 2 is 2.08 bits per heavy atom. The lowest BCUT2D eigenvalue weighted by molar-refractivity contribution is -0.116. The number of nitrogens with one attached hydrogen (secondary N) is 1. The number of halogens is 1. The third-order valence-corrected chi connectivity index (χ3v) is 5.78. The maximum Gasteiger partial charge on any atom is 0.225 e. The monoisotopic (exact) mass is 372 g/mol. The molecule has 2 fully saturated rings. The lowest BCUT2D eigenvalue weighted by atomic mass is 9.93. The Hall–Kier alpha value is -0.690. The van der Waals surface area contributed by atoms with E-state index in [-0.39, 0.29) is 18.3 Å². The Labute approximate surface area is 155 Å². The molecule has 1 aromatic rings. The Kier molecular flexibility index (Phi) is 7.47. The first-order valence-corrected chi connectivity index (χ1v) is 9.66. The average Bonchev–Trinajstić information content (AvgIpc) is 3.26. The Morgan fingerprint density at radius 1 is 1.38 bits per heavy atom.